The van der Waals surface area contributed by atoms with Crippen LogP contribution in [0.25, 0.3) is 0 Å². The zero-order chi connectivity index (χ0) is 13.1. The molecule has 1 aliphatic carbocycles. The van der Waals surface area contributed by atoms with Crippen molar-refractivity contribution in [2.45, 2.75) is 38.7 Å². The number of aromatic nitrogens is 2. The fourth-order valence-corrected chi connectivity index (χ4v) is 2.57. The van der Waals surface area contributed by atoms with E-state index in [-0.39, 0.29) is 12.0 Å². The van der Waals surface area contributed by atoms with Crippen LogP contribution in [0.15, 0.2) is 10.9 Å². The van der Waals surface area contributed by atoms with Crippen molar-refractivity contribution >= 4 is 21.9 Å². The monoisotopic (exact) mass is 314 g/mol. The van der Waals surface area contributed by atoms with Gasteiger partial charge in [0.15, 0.2) is 10.5 Å². The van der Waals surface area contributed by atoms with Crippen molar-refractivity contribution in [2.75, 3.05) is 0 Å². The number of ether oxygens (including phenoxy) is 1. The van der Waals surface area contributed by atoms with Gasteiger partial charge in [-0.25, -0.2) is 9.97 Å². The van der Waals surface area contributed by atoms with Crippen LogP contribution in [0.1, 0.15) is 31.4 Å². The number of aryl methyl sites for hydroxylation is 1. The number of carboxylic acid groups (broad SMARTS) is 1. The van der Waals surface area contributed by atoms with Crippen LogP contribution < -0.4 is 4.74 Å². The maximum Gasteiger partial charge on any atom is 0.306 e. The van der Waals surface area contributed by atoms with E-state index in [9.17, 15) is 4.79 Å². The molecule has 0 aromatic carbocycles. The summed E-state index contributed by atoms with van der Waals surface area (Å²) in [7, 11) is 0. The van der Waals surface area contributed by atoms with Gasteiger partial charge in [0.25, 0.3) is 0 Å². The van der Waals surface area contributed by atoms with Gasteiger partial charge in [0.1, 0.15) is 0 Å². The first-order valence-electron chi connectivity index (χ1n) is 5.95. The van der Waals surface area contributed by atoms with E-state index in [2.05, 4.69) is 25.9 Å². The molecule has 2 rings (SSSR count). The van der Waals surface area contributed by atoms with Crippen molar-refractivity contribution in [3.63, 3.8) is 0 Å². The smallest absolute Gasteiger partial charge is 0.306 e. The number of rotatable bonds is 3. The molecule has 0 unspecified atom stereocenters. The summed E-state index contributed by atoms with van der Waals surface area (Å²) < 4.78 is 6.34. The van der Waals surface area contributed by atoms with Crippen LogP contribution in [0.2, 0.25) is 0 Å². The second kappa shape index (κ2) is 5.65. The highest BCUT2D eigenvalue weighted by atomic mass is 79.9. The van der Waals surface area contributed by atoms with Gasteiger partial charge in [0.2, 0.25) is 0 Å². The SMILES string of the molecule is Cc1nc(Br)ncc1O[C@H]1CCC[C@H](C(=O)O)C1. The third kappa shape index (κ3) is 3.19. The molecule has 1 aromatic heterocycles. The first kappa shape index (κ1) is 13.3. The highest BCUT2D eigenvalue weighted by Gasteiger charge is 2.28. The number of carbonyl (C=O) groups is 1. The van der Waals surface area contributed by atoms with Crippen molar-refractivity contribution in [2.24, 2.45) is 5.92 Å². The van der Waals surface area contributed by atoms with E-state index < -0.39 is 5.97 Å². The number of hydrogen-bond donors (Lipinski definition) is 1. The van der Waals surface area contributed by atoms with Gasteiger partial charge in [-0.3, -0.25) is 4.79 Å². The molecule has 0 spiro atoms. The maximum absolute atomic E-state index is 11.0. The number of aliphatic carboxylic acids is 1. The second-order valence-corrected chi connectivity index (χ2v) is 5.24. The Kier molecular flexibility index (Phi) is 4.16. The fourth-order valence-electron chi connectivity index (χ4n) is 2.20. The van der Waals surface area contributed by atoms with Gasteiger partial charge >= 0.3 is 5.97 Å². The minimum Gasteiger partial charge on any atom is -0.487 e. The molecule has 0 saturated heterocycles. The molecule has 0 radical (unpaired) electrons. The first-order chi connectivity index (χ1) is 8.56. The Morgan fingerprint density at radius 3 is 3.00 bits per heavy atom. The molecule has 0 aliphatic heterocycles. The normalized spacial score (nSPS) is 23.7. The topological polar surface area (TPSA) is 72.3 Å². The van der Waals surface area contributed by atoms with Crippen molar-refractivity contribution in [1.82, 2.24) is 9.97 Å². The van der Waals surface area contributed by atoms with Crippen LogP contribution in [0.3, 0.4) is 0 Å². The van der Waals surface area contributed by atoms with Gasteiger partial charge in [-0.15, -0.1) is 0 Å². The number of nitrogens with zero attached hydrogens (tertiary/aromatic N) is 2. The summed E-state index contributed by atoms with van der Waals surface area (Å²) in [5, 5.41) is 9.03. The molecule has 6 heteroatoms. The van der Waals surface area contributed by atoms with Gasteiger partial charge < -0.3 is 9.84 Å². The lowest BCUT2D eigenvalue weighted by molar-refractivity contribution is -0.143. The Hall–Kier alpha value is -1.17. The molecule has 1 heterocycles. The van der Waals surface area contributed by atoms with Gasteiger partial charge in [0.05, 0.1) is 23.9 Å². The molecule has 5 nitrogen and oxygen atoms in total. The molecule has 0 bridgehead atoms. The van der Waals surface area contributed by atoms with Crippen LogP contribution >= 0.6 is 15.9 Å². The van der Waals surface area contributed by atoms with Crippen LogP contribution in [-0.2, 0) is 4.79 Å². The van der Waals surface area contributed by atoms with Gasteiger partial charge in [-0.05, 0) is 48.5 Å². The highest BCUT2D eigenvalue weighted by molar-refractivity contribution is 9.10. The molecule has 98 valence electrons. The molecule has 1 aliphatic rings. The summed E-state index contributed by atoms with van der Waals surface area (Å²) in [5.74, 6) is -0.387. The van der Waals surface area contributed by atoms with Gasteiger partial charge in [-0.1, -0.05) is 0 Å². The van der Waals surface area contributed by atoms with E-state index in [1.807, 2.05) is 6.92 Å². The van der Waals surface area contributed by atoms with Crippen molar-refractivity contribution in [3.8, 4) is 5.75 Å². The van der Waals surface area contributed by atoms with Gasteiger partial charge in [0, 0.05) is 0 Å². The third-order valence-electron chi connectivity index (χ3n) is 3.17. The van der Waals surface area contributed by atoms with E-state index >= 15 is 0 Å². The molecule has 0 amide bonds. The standard InChI is InChI=1S/C12H15BrN2O3/c1-7-10(6-14-12(13)15-7)18-9-4-2-3-8(5-9)11(16)17/h6,8-9H,2-5H2,1H3,(H,16,17)/t8-,9-/m0/s1. The Morgan fingerprint density at radius 2 is 2.33 bits per heavy atom. The van der Waals surface area contributed by atoms with Crippen LogP contribution in [0, 0.1) is 12.8 Å². The highest BCUT2D eigenvalue weighted by Crippen LogP contribution is 2.28. The van der Waals surface area contributed by atoms with E-state index in [4.69, 9.17) is 9.84 Å². The molecule has 1 aromatic rings. The lowest BCUT2D eigenvalue weighted by Gasteiger charge is -2.27. The quantitative estimate of drug-likeness (QED) is 0.868. The minimum atomic E-state index is -0.730. The van der Waals surface area contributed by atoms with Crippen LogP contribution in [0.4, 0.5) is 0 Å². The van der Waals surface area contributed by atoms with Gasteiger partial charge in [-0.2, -0.15) is 0 Å². The van der Waals surface area contributed by atoms with Crippen molar-refractivity contribution < 1.29 is 14.6 Å². The molecule has 1 fully saturated rings. The molecule has 18 heavy (non-hydrogen) atoms. The zero-order valence-electron chi connectivity index (χ0n) is 10.1. The molecule has 1 saturated carbocycles. The average Bonchev–Trinajstić information content (AvgIpc) is 2.33. The summed E-state index contributed by atoms with van der Waals surface area (Å²) >= 11 is 3.19. The first-order valence-corrected chi connectivity index (χ1v) is 6.74. The number of carboxylic acids is 1. The summed E-state index contributed by atoms with van der Waals surface area (Å²) in [6, 6.07) is 0. The Labute approximate surface area is 114 Å². The predicted octanol–water partition coefficient (Wildman–Crippen LogP) is 2.57. The van der Waals surface area contributed by atoms with E-state index in [1.54, 1.807) is 6.20 Å². The average molecular weight is 315 g/mol. The van der Waals surface area contributed by atoms with E-state index in [0.29, 0.717) is 16.9 Å². The maximum atomic E-state index is 11.0. The zero-order valence-corrected chi connectivity index (χ0v) is 11.7. The third-order valence-corrected chi connectivity index (χ3v) is 3.56. The number of hydrogen-bond acceptors (Lipinski definition) is 4. The number of halogens is 1. The van der Waals surface area contributed by atoms with E-state index in [1.165, 1.54) is 0 Å². The Morgan fingerprint density at radius 1 is 1.56 bits per heavy atom. The summed E-state index contributed by atoms with van der Waals surface area (Å²) in [6.07, 6.45) is 4.65. The minimum absolute atomic E-state index is 0.0525. The van der Waals surface area contributed by atoms with E-state index in [0.717, 1.165) is 25.0 Å². The molecular weight excluding hydrogens is 300 g/mol. The molecule has 2 atom stereocenters. The Balaban J connectivity index is 2.02. The summed E-state index contributed by atoms with van der Waals surface area (Å²) in [5.41, 5.74) is 0.759. The largest absolute Gasteiger partial charge is 0.487 e. The molecular formula is C12H15BrN2O3. The summed E-state index contributed by atoms with van der Waals surface area (Å²) in [4.78, 5) is 19.2. The van der Waals surface area contributed by atoms with Crippen LogP contribution in [0.5, 0.6) is 5.75 Å². The second-order valence-electron chi connectivity index (χ2n) is 4.53. The predicted molar refractivity (Wildman–Crippen MR) is 68.5 cm³/mol. The summed E-state index contributed by atoms with van der Waals surface area (Å²) in [6.45, 7) is 1.85. The van der Waals surface area contributed by atoms with Crippen molar-refractivity contribution in [3.05, 3.63) is 16.6 Å². The fraction of sp³-hybridized carbons (Fsp3) is 0.583. The van der Waals surface area contributed by atoms with Crippen LogP contribution in [-0.4, -0.2) is 27.1 Å². The lowest BCUT2D eigenvalue weighted by Crippen LogP contribution is -2.29. The van der Waals surface area contributed by atoms with Crippen molar-refractivity contribution in [1.29, 1.82) is 0 Å². The Bertz CT molecular complexity index is 453. The lowest BCUT2D eigenvalue weighted by atomic mass is 9.87. The molecule has 1 N–H and O–H groups in total.